The summed E-state index contributed by atoms with van der Waals surface area (Å²) >= 11 is 5.83. The molecule has 96 valence electrons. The summed E-state index contributed by atoms with van der Waals surface area (Å²) in [5, 5.41) is 0. The molecule has 5 atom stereocenters. The number of aryl methyl sites for hydroxylation is 2. The quantitative estimate of drug-likeness (QED) is 0.708. The number of rotatable bonds is 2. The highest BCUT2D eigenvalue weighted by molar-refractivity contribution is 9.09. The first-order chi connectivity index (χ1) is 7.91. The molecule has 0 spiro atoms. The molecule has 0 N–H and O–H groups in total. The van der Waals surface area contributed by atoms with Gasteiger partial charge in [-0.2, -0.15) is 0 Å². The van der Waals surface area contributed by atoms with Crippen molar-refractivity contribution in [1.29, 1.82) is 0 Å². The van der Waals surface area contributed by atoms with E-state index in [0.29, 0.717) is 28.9 Å². The first kappa shape index (κ1) is 13.6. The van der Waals surface area contributed by atoms with Gasteiger partial charge in [-0.15, -0.1) is 11.3 Å². The standard InChI is InChI=1S/C14H21BrOS/c1-7-6-8(2)17-14(7)13(15)12-9(3)10(4)16-11(12)5/h6,9-13H,1-5H3. The molecule has 1 aliphatic rings. The maximum absolute atomic E-state index is 5.95. The Morgan fingerprint density at radius 2 is 1.88 bits per heavy atom. The minimum atomic E-state index is 0.339. The molecule has 1 aromatic rings. The predicted molar refractivity (Wildman–Crippen MR) is 78.1 cm³/mol. The van der Waals surface area contributed by atoms with Crippen LogP contribution in [-0.4, -0.2) is 12.2 Å². The predicted octanol–water partition coefficient (Wildman–Crippen LogP) is 4.86. The molecule has 3 heteroatoms. The maximum Gasteiger partial charge on any atom is 0.0596 e. The van der Waals surface area contributed by atoms with Crippen LogP contribution in [0.4, 0.5) is 0 Å². The van der Waals surface area contributed by atoms with Gasteiger partial charge in [0.25, 0.3) is 0 Å². The van der Waals surface area contributed by atoms with Crippen LogP contribution in [-0.2, 0) is 4.74 Å². The summed E-state index contributed by atoms with van der Waals surface area (Å²) in [5.74, 6) is 1.18. The Balaban J connectivity index is 2.25. The van der Waals surface area contributed by atoms with Crippen LogP contribution in [0.25, 0.3) is 0 Å². The molecule has 1 aromatic heterocycles. The third kappa shape index (κ3) is 2.47. The largest absolute Gasteiger partial charge is 0.375 e. The van der Waals surface area contributed by atoms with Gasteiger partial charge in [0.2, 0.25) is 0 Å². The van der Waals surface area contributed by atoms with Crippen LogP contribution >= 0.6 is 27.3 Å². The van der Waals surface area contributed by atoms with Gasteiger partial charge in [0, 0.05) is 15.7 Å². The van der Waals surface area contributed by atoms with Gasteiger partial charge >= 0.3 is 0 Å². The van der Waals surface area contributed by atoms with Crippen LogP contribution in [0.3, 0.4) is 0 Å². The summed E-state index contributed by atoms with van der Waals surface area (Å²) in [6.45, 7) is 11.1. The van der Waals surface area contributed by atoms with Gasteiger partial charge in [-0.05, 0) is 45.2 Å². The highest BCUT2D eigenvalue weighted by Gasteiger charge is 2.42. The summed E-state index contributed by atoms with van der Waals surface area (Å²) < 4.78 is 5.95. The molecular weight excluding hydrogens is 296 g/mol. The zero-order valence-electron chi connectivity index (χ0n) is 11.2. The average molecular weight is 317 g/mol. The average Bonchev–Trinajstić information content (AvgIpc) is 2.68. The second-order valence-electron chi connectivity index (χ2n) is 5.29. The van der Waals surface area contributed by atoms with Gasteiger partial charge in [-0.25, -0.2) is 0 Å². The lowest BCUT2D eigenvalue weighted by Gasteiger charge is -2.24. The normalized spacial score (nSPS) is 35.2. The molecule has 0 aromatic carbocycles. The van der Waals surface area contributed by atoms with Crippen LogP contribution in [0.5, 0.6) is 0 Å². The summed E-state index contributed by atoms with van der Waals surface area (Å²) in [6.07, 6.45) is 0.711. The fourth-order valence-electron chi connectivity index (χ4n) is 2.91. The van der Waals surface area contributed by atoms with Crippen molar-refractivity contribution in [3.63, 3.8) is 0 Å². The summed E-state index contributed by atoms with van der Waals surface area (Å²) in [5.41, 5.74) is 1.41. The van der Waals surface area contributed by atoms with E-state index in [0.717, 1.165) is 0 Å². The first-order valence-corrected chi connectivity index (χ1v) is 8.01. The van der Waals surface area contributed by atoms with Gasteiger partial charge < -0.3 is 4.74 Å². The summed E-state index contributed by atoms with van der Waals surface area (Å²) in [6, 6.07) is 2.28. The lowest BCUT2D eigenvalue weighted by molar-refractivity contribution is 0.0511. The van der Waals surface area contributed by atoms with Gasteiger partial charge in [0.1, 0.15) is 0 Å². The number of thiophene rings is 1. The molecule has 5 unspecified atom stereocenters. The molecular formula is C14H21BrOS. The monoisotopic (exact) mass is 316 g/mol. The van der Waals surface area contributed by atoms with Crippen molar-refractivity contribution in [3.05, 3.63) is 21.4 Å². The second kappa shape index (κ2) is 5.02. The SMILES string of the molecule is Cc1cc(C)c(C(Br)C2C(C)OC(C)C2C)s1. The lowest BCUT2D eigenvalue weighted by atomic mass is 9.86. The van der Waals surface area contributed by atoms with Gasteiger partial charge in [0.05, 0.1) is 17.0 Å². The molecule has 0 aliphatic carbocycles. The third-order valence-corrected chi connectivity index (χ3v) is 6.59. The van der Waals surface area contributed by atoms with E-state index in [2.05, 4.69) is 56.6 Å². The Labute approximate surface area is 117 Å². The number of hydrogen-bond donors (Lipinski definition) is 0. The van der Waals surface area contributed by atoms with Crippen molar-refractivity contribution >= 4 is 27.3 Å². The van der Waals surface area contributed by atoms with Crippen LogP contribution in [0.1, 0.15) is 40.9 Å². The van der Waals surface area contributed by atoms with Gasteiger partial charge in [-0.3, -0.25) is 0 Å². The molecule has 1 saturated heterocycles. The number of alkyl halides is 1. The fraction of sp³-hybridized carbons (Fsp3) is 0.714. The number of halogens is 1. The van der Waals surface area contributed by atoms with Crippen molar-refractivity contribution in [2.45, 2.75) is 51.7 Å². The van der Waals surface area contributed by atoms with E-state index in [4.69, 9.17) is 4.74 Å². The Kier molecular flexibility index (Phi) is 4.01. The van der Waals surface area contributed by atoms with Crippen molar-refractivity contribution in [1.82, 2.24) is 0 Å². The first-order valence-electron chi connectivity index (χ1n) is 6.28. The Hall–Kier alpha value is 0.140. The molecule has 2 rings (SSSR count). The van der Waals surface area contributed by atoms with Crippen LogP contribution in [0, 0.1) is 25.7 Å². The van der Waals surface area contributed by atoms with E-state index in [1.54, 1.807) is 0 Å². The fourth-order valence-corrected chi connectivity index (χ4v) is 5.53. The highest BCUT2D eigenvalue weighted by atomic mass is 79.9. The lowest BCUT2D eigenvalue weighted by Crippen LogP contribution is -2.21. The van der Waals surface area contributed by atoms with E-state index in [9.17, 15) is 0 Å². The number of hydrogen-bond acceptors (Lipinski definition) is 2. The van der Waals surface area contributed by atoms with E-state index in [1.807, 2.05) is 11.3 Å². The molecule has 0 saturated carbocycles. The van der Waals surface area contributed by atoms with Crippen LogP contribution in [0.2, 0.25) is 0 Å². The number of ether oxygens (including phenoxy) is 1. The highest BCUT2D eigenvalue weighted by Crippen LogP contribution is 2.47. The third-order valence-electron chi connectivity index (χ3n) is 3.99. The zero-order chi connectivity index (χ0) is 12.7. The van der Waals surface area contributed by atoms with E-state index in [1.165, 1.54) is 15.3 Å². The topological polar surface area (TPSA) is 9.23 Å². The minimum absolute atomic E-state index is 0.339. The molecule has 0 bridgehead atoms. The van der Waals surface area contributed by atoms with Crippen LogP contribution in [0.15, 0.2) is 6.07 Å². The minimum Gasteiger partial charge on any atom is -0.375 e. The molecule has 17 heavy (non-hydrogen) atoms. The maximum atomic E-state index is 5.95. The summed E-state index contributed by atoms with van der Waals surface area (Å²) in [7, 11) is 0. The molecule has 0 amide bonds. The summed E-state index contributed by atoms with van der Waals surface area (Å²) in [4.78, 5) is 3.30. The van der Waals surface area contributed by atoms with Crippen molar-refractivity contribution in [2.75, 3.05) is 0 Å². The smallest absolute Gasteiger partial charge is 0.0596 e. The van der Waals surface area contributed by atoms with Crippen molar-refractivity contribution in [3.8, 4) is 0 Å². The Morgan fingerprint density at radius 1 is 1.24 bits per heavy atom. The Bertz CT molecular complexity index is 401. The van der Waals surface area contributed by atoms with Crippen LogP contribution < -0.4 is 0 Å². The van der Waals surface area contributed by atoms with Gasteiger partial charge in [0.15, 0.2) is 0 Å². The molecule has 1 nitrogen and oxygen atoms in total. The van der Waals surface area contributed by atoms with E-state index in [-0.39, 0.29) is 0 Å². The van der Waals surface area contributed by atoms with E-state index < -0.39 is 0 Å². The van der Waals surface area contributed by atoms with E-state index >= 15 is 0 Å². The Morgan fingerprint density at radius 3 is 2.29 bits per heavy atom. The van der Waals surface area contributed by atoms with Crippen molar-refractivity contribution in [2.24, 2.45) is 11.8 Å². The molecule has 2 heterocycles. The van der Waals surface area contributed by atoms with Crippen molar-refractivity contribution < 1.29 is 4.74 Å². The second-order valence-corrected chi connectivity index (χ2v) is 7.56. The molecule has 1 aliphatic heterocycles. The zero-order valence-corrected chi connectivity index (χ0v) is 13.6. The molecule has 0 radical (unpaired) electrons. The molecule has 1 fully saturated rings. The van der Waals surface area contributed by atoms with Gasteiger partial charge in [-0.1, -0.05) is 22.9 Å².